The van der Waals surface area contributed by atoms with Crippen LogP contribution in [0.3, 0.4) is 0 Å². The van der Waals surface area contributed by atoms with Crippen LogP contribution in [0.1, 0.15) is 25.5 Å². The summed E-state index contributed by atoms with van der Waals surface area (Å²) in [6.07, 6.45) is -0.0685. The van der Waals surface area contributed by atoms with Crippen molar-refractivity contribution in [1.82, 2.24) is 5.32 Å². The van der Waals surface area contributed by atoms with Crippen LogP contribution >= 0.6 is 0 Å². The van der Waals surface area contributed by atoms with Gasteiger partial charge in [0, 0.05) is 12.1 Å². The van der Waals surface area contributed by atoms with Crippen molar-refractivity contribution in [3.63, 3.8) is 0 Å². The molecule has 0 spiro atoms. The Morgan fingerprint density at radius 3 is 2.84 bits per heavy atom. The van der Waals surface area contributed by atoms with E-state index in [1.807, 2.05) is 0 Å². The van der Waals surface area contributed by atoms with Crippen molar-refractivity contribution in [2.45, 2.75) is 26.1 Å². The summed E-state index contributed by atoms with van der Waals surface area (Å²) in [7, 11) is 0. The number of amides is 1. The molecule has 0 aromatic heterocycles. The number of aliphatic hydroxyl groups is 1. The van der Waals surface area contributed by atoms with E-state index in [4.69, 9.17) is 4.74 Å². The second-order valence-corrected chi connectivity index (χ2v) is 4.15. The van der Waals surface area contributed by atoms with Gasteiger partial charge < -0.3 is 15.2 Å². The third-order valence-electron chi connectivity index (χ3n) is 2.52. The molecule has 104 valence electrons. The molecule has 2 N–H and O–H groups in total. The van der Waals surface area contributed by atoms with Crippen LogP contribution in [0.2, 0.25) is 0 Å². The Balaban J connectivity index is 2.81. The highest BCUT2D eigenvalue weighted by atomic mass is 19.1. The van der Waals surface area contributed by atoms with E-state index in [2.05, 4.69) is 11.9 Å². The van der Waals surface area contributed by atoms with Crippen molar-refractivity contribution in [3.8, 4) is 5.75 Å². The summed E-state index contributed by atoms with van der Waals surface area (Å²) < 4.78 is 18.6. The minimum atomic E-state index is -0.880. The van der Waals surface area contributed by atoms with Crippen LogP contribution in [0.15, 0.2) is 30.9 Å². The van der Waals surface area contributed by atoms with Crippen molar-refractivity contribution < 1.29 is 19.0 Å². The zero-order valence-electron chi connectivity index (χ0n) is 11.0. The number of aliphatic hydroxyl groups excluding tert-OH is 1. The molecule has 1 rings (SSSR count). The summed E-state index contributed by atoms with van der Waals surface area (Å²) in [4.78, 5) is 11.6. The lowest BCUT2D eigenvalue weighted by Gasteiger charge is -2.18. The molecule has 0 radical (unpaired) electrons. The van der Waals surface area contributed by atoms with Crippen molar-refractivity contribution in [2.75, 3.05) is 6.54 Å². The molecule has 1 amide bonds. The van der Waals surface area contributed by atoms with Gasteiger partial charge in [0.2, 0.25) is 0 Å². The SMILES string of the molecule is C=CCNC(=O)C(C)Oc1ccc(F)cc1[C@@H](C)O. The zero-order chi connectivity index (χ0) is 14.4. The summed E-state index contributed by atoms with van der Waals surface area (Å²) in [6, 6.07) is 3.80. The summed E-state index contributed by atoms with van der Waals surface area (Å²) in [5.74, 6) is -0.481. The van der Waals surface area contributed by atoms with Crippen molar-refractivity contribution in [2.24, 2.45) is 0 Å². The van der Waals surface area contributed by atoms with E-state index in [9.17, 15) is 14.3 Å². The summed E-state index contributed by atoms with van der Waals surface area (Å²) in [5.41, 5.74) is 0.309. The summed E-state index contributed by atoms with van der Waals surface area (Å²) in [5, 5.41) is 12.2. The minimum Gasteiger partial charge on any atom is -0.481 e. The third kappa shape index (κ3) is 4.37. The van der Waals surface area contributed by atoms with Crippen LogP contribution in [-0.2, 0) is 4.79 Å². The average molecular weight is 267 g/mol. The fourth-order valence-electron chi connectivity index (χ4n) is 1.51. The van der Waals surface area contributed by atoms with Crippen LogP contribution in [0, 0.1) is 5.82 Å². The molecule has 19 heavy (non-hydrogen) atoms. The Kier molecular flexibility index (Phi) is 5.51. The number of carbonyl (C=O) groups is 1. The standard InChI is InChI=1S/C14H18FNO3/c1-4-7-16-14(18)10(3)19-13-6-5-11(15)8-12(13)9(2)17/h4-6,8-10,17H,1,7H2,2-3H3,(H,16,18)/t9-,10?/m1/s1. The Labute approximate surface area is 111 Å². The fourth-order valence-corrected chi connectivity index (χ4v) is 1.51. The smallest absolute Gasteiger partial charge is 0.261 e. The highest BCUT2D eigenvalue weighted by Crippen LogP contribution is 2.26. The van der Waals surface area contributed by atoms with Crippen molar-refractivity contribution in [1.29, 1.82) is 0 Å². The Morgan fingerprint density at radius 1 is 1.58 bits per heavy atom. The second kappa shape index (κ2) is 6.89. The van der Waals surface area contributed by atoms with E-state index in [1.54, 1.807) is 13.0 Å². The molecule has 0 bridgehead atoms. The first kappa shape index (κ1) is 15.2. The number of ether oxygens (including phenoxy) is 1. The van der Waals surface area contributed by atoms with Crippen LogP contribution in [0.4, 0.5) is 4.39 Å². The number of rotatable bonds is 6. The van der Waals surface area contributed by atoms with E-state index in [-0.39, 0.29) is 11.7 Å². The van der Waals surface area contributed by atoms with Crippen LogP contribution < -0.4 is 10.1 Å². The van der Waals surface area contributed by atoms with E-state index >= 15 is 0 Å². The normalized spacial score (nSPS) is 13.5. The molecular formula is C14H18FNO3. The molecule has 1 aromatic carbocycles. The Morgan fingerprint density at radius 2 is 2.26 bits per heavy atom. The van der Waals surface area contributed by atoms with Gasteiger partial charge in [0.1, 0.15) is 11.6 Å². The van der Waals surface area contributed by atoms with Crippen LogP contribution in [0.25, 0.3) is 0 Å². The Hall–Kier alpha value is -1.88. The lowest BCUT2D eigenvalue weighted by Crippen LogP contribution is -2.36. The molecule has 4 nitrogen and oxygen atoms in total. The van der Waals surface area contributed by atoms with Gasteiger partial charge >= 0.3 is 0 Å². The summed E-state index contributed by atoms with van der Waals surface area (Å²) in [6.45, 7) is 6.92. The highest BCUT2D eigenvalue weighted by Gasteiger charge is 2.17. The lowest BCUT2D eigenvalue weighted by molar-refractivity contribution is -0.127. The molecule has 1 aromatic rings. The van der Waals surface area contributed by atoms with E-state index in [1.165, 1.54) is 25.1 Å². The average Bonchev–Trinajstić information content (AvgIpc) is 2.37. The number of benzene rings is 1. The second-order valence-electron chi connectivity index (χ2n) is 4.15. The number of hydrogen-bond acceptors (Lipinski definition) is 3. The van der Waals surface area contributed by atoms with Crippen LogP contribution in [0.5, 0.6) is 5.75 Å². The molecule has 0 saturated heterocycles. The first-order valence-electron chi connectivity index (χ1n) is 5.98. The van der Waals surface area contributed by atoms with Gasteiger partial charge in [-0.15, -0.1) is 6.58 Å². The molecule has 1 unspecified atom stereocenters. The van der Waals surface area contributed by atoms with Crippen molar-refractivity contribution >= 4 is 5.91 Å². The summed E-state index contributed by atoms with van der Waals surface area (Å²) >= 11 is 0. The number of nitrogens with one attached hydrogen (secondary N) is 1. The van der Waals surface area contributed by atoms with Gasteiger partial charge in [-0.25, -0.2) is 4.39 Å². The highest BCUT2D eigenvalue weighted by molar-refractivity contribution is 5.80. The minimum absolute atomic E-state index is 0.289. The number of carbonyl (C=O) groups excluding carboxylic acids is 1. The van der Waals surface area contributed by atoms with Gasteiger partial charge in [0.25, 0.3) is 5.91 Å². The van der Waals surface area contributed by atoms with Crippen LogP contribution in [-0.4, -0.2) is 23.7 Å². The Bertz CT molecular complexity index is 460. The molecule has 2 atom stereocenters. The molecule has 0 aliphatic rings. The van der Waals surface area contributed by atoms with Gasteiger partial charge in [-0.2, -0.15) is 0 Å². The van der Waals surface area contributed by atoms with Gasteiger partial charge in [-0.3, -0.25) is 4.79 Å². The first-order chi connectivity index (χ1) is 8.95. The zero-order valence-corrected chi connectivity index (χ0v) is 11.0. The largest absolute Gasteiger partial charge is 0.481 e. The lowest BCUT2D eigenvalue weighted by atomic mass is 10.1. The maximum atomic E-state index is 13.1. The molecule has 0 fully saturated rings. The quantitative estimate of drug-likeness (QED) is 0.774. The maximum absolute atomic E-state index is 13.1. The molecule has 0 aliphatic carbocycles. The van der Waals surface area contributed by atoms with E-state index < -0.39 is 18.0 Å². The first-order valence-corrected chi connectivity index (χ1v) is 5.98. The van der Waals surface area contributed by atoms with Gasteiger partial charge in [0.15, 0.2) is 6.10 Å². The van der Waals surface area contributed by atoms with Gasteiger partial charge in [-0.05, 0) is 32.0 Å². The molecular weight excluding hydrogens is 249 g/mol. The van der Waals surface area contributed by atoms with Gasteiger partial charge in [-0.1, -0.05) is 6.08 Å². The third-order valence-corrected chi connectivity index (χ3v) is 2.52. The van der Waals surface area contributed by atoms with E-state index in [0.717, 1.165) is 0 Å². The monoisotopic (exact) mass is 267 g/mol. The predicted molar refractivity (Wildman–Crippen MR) is 70.3 cm³/mol. The predicted octanol–water partition coefficient (Wildman–Crippen LogP) is 1.95. The molecule has 0 aliphatic heterocycles. The molecule has 0 heterocycles. The van der Waals surface area contributed by atoms with E-state index in [0.29, 0.717) is 12.1 Å². The topological polar surface area (TPSA) is 58.6 Å². The molecule has 0 saturated carbocycles. The maximum Gasteiger partial charge on any atom is 0.261 e. The number of hydrogen-bond donors (Lipinski definition) is 2. The number of halogens is 1. The fraction of sp³-hybridized carbons (Fsp3) is 0.357. The molecule has 5 heteroatoms. The van der Waals surface area contributed by atoms with Crippen molar-refractivity contribution in [3.05, 3.63) is 42.2 Å². The van der Waals surface area contributed by atoms with Gasteiger partial charge in [0.05, 0.1) is 6.10 Å².